The molecule has 43 heavy (non-hydrogen) atoms. The third-order valence-corrected chi connectivity index (χ3v) is 6.80. The third kappa shape index (κ3) is 10.8. The summed E-state index contributed by atoms with van der Waals surface area (Å²) < 4.78 is 56.0. The Kier molecular flexibility index (Phi) is 12.3. The summed E-state index contributed by atoms with van der Waals surface area (Å²) in [5, 5.41) is 31.2. The number of halogens is 4. The van der Waals surface area contributed by atoms with Gasteiger partial charge in [-0.25, -0.2) is 9.18 Å². The Morgan fingerprint density at radius 2 is 1.63 bits per heavy atom. The number of ether oxygens (including phenoxy) is 2. The van der Waals surface area contributed by atoms with Crippen molar-refractivity contribution < 1.29 is 56.7 Å². The average molecular weight is 615 g/mol. The first-order valence-electron chi connectivity index (χ1n) is 13.7. The molecule has 3 atom stereocenters. The maximum Gasteiger partial charge on any atom is 0.490 e. The SMILES string of the molecule is O=C(CCCCC(=O)c1ccc(F)cc1)N[C@H](CN1CC[C@H](O)C1)[C@H](O)c1ccc2c(c1)OCCO2.O=C(O)C(F)(F)F. The lowest BCUT2D eigenvalue weighted by Gasteiger charge is -2.29. The zero-order chi connectivity index (χ0) is 31.6. The van der Waals surface area contributed by atoms with Crippen molar-refractivity contribution in [1.82, 2.24) is 10.2 Å². The van der Waals surface area contributed by atoms with Crippen molar-refractivity contribution in [2.24, 2.45) is 0 Å². The molecule has 0 bridgehead atoms. The van der Waals surface area contributed by atoms with Gasteiger partial charge in [-0.15, -0.1) is 0 Å². The molecule has 0 aromatic heterocycles. The van der Waals surface area contributed by atoms with Crippen LogP contribution >= 0.6 is 0 Å². The summed E-state index contributed by atoms with van der Waals surface area (Å²) in [4.78, 5) is 35.9. The van der Waals surface area contributed by atoms with Crippen LogP contribution in [0.5, 0.6) is 11.5 Å². The van der Waals surface area contributed by atoms with Gasteiger partial charge in [0.2, 0.25) is 5.91 Å². The standard InChI is InChI=1S/C27H33FN2O6.C2HF3O2/c28-20-8-5-18(6-9-20)23(32)3-1-2-4-26(33)29-22(17-30-12-11-21(31)16-30)27(34)19-7-10-24-25(15-19)36-14-13-35-24;3-2(4,5)1(6)7/h5-10,15,21-22,27,31,34H,1-4,11-14,16-17H2,(H,29,33);(H,6,7)/t21-,22+,27+;/m0./s1. The number of ketones is 1. The number of nitrogens with one attached hydrogen (secondary N) is 1. The van der Waals surface area contributed by atoms with Crippen LogP contribution in [0.25, 0.3) is 0 Å². The number of carboxylic acids is 1. The van der Waals surface area contributed by atoms with Crippen molar-refractivity contribution in [1.29, 1.82) is 0 Å². The minimum absolute atomic E-state index is 0.0880. The van der Waals surface area contributed by atoms with Gasteiger partial charge in [0.25, 0.3) is 0 Å². The van der Waals surface area contributed by atoms with E-state index in [4.69, 9.17) is 19.4 Å². The average Bonchev–Trinajstić information content (AvgIpc) is 3.38. The topological polar surface area (TPSA) is 146 Å². The molecule has 0 aliphatic carbocycles. The second-order valence-electron chi connectivity index (χ2n) is 10.2. The van der Waals surface area contributed by atoms with Gasteiger partial charge in [-0.3, -0.25) is 14.5 Å². The summed E-state index contributed by atoms with van der Waals surface area (Å²) >= 11 is 0. The van der Waals surface area contributed by atoms with Crippen LogP contribution in [0.15, 0.2) is 42.5 Å². The highest BCUT2D eigenvalue weighted by Crippen LogP contribution is 2.33. The zero-order valence-electron chi connectivity index (χ0n) is 23.2. The van der Waals surface area contributed by atoms with E-state index in [0.717, 1.165) is 0 Å². The van der Waals surface area contributed by atoms with E-state index < -0.39 is 30.4 Å². The fourth-order valence-corrected chi connectivity index (χ4v) is 4.59. The quantitative estimate of drug-likeness (QED) is 0.170. The number of aliphatic hydroxyl groups is 2. The van der Waals surface area contributed by atoms with Crippen molar-refractivity contribution >= 4 is 17.7 Å². The Morgan fingerprint density at radius 3 is 2.23 bits per heavy atom. The molecule has 2 aromatic rings. The van der Waals surface area contributed by atoms with Crippen molar-refractivity contribution in [3.05, 3.63) is 59.4 Å². The number of carbonyl (C=O) groups excluding carboxylic acids is 2. The van der Waals surface area contributed by atoms with E-state index in [-0.39, 0.29) is 30.3 Å². The lowest BCUT2D eigenvalue weighted by Crippen LogP contribution is -2.47. The van der Waals surface area contributed by atoms with E-state index in [0.29, 0.717) is 74.7 Å². The Balaban J connectivity index is 0.000000646. The number of carboxylic acid groups (broad SMARTS) is 1. The van der Waals surface area contributed by atoms with E-state index in [1.807, 2.05) is 4.90 Å². The number of Topliss-reactive ketones (excluding diaryl/α,β-unsaturated/α-hetero) is 1. The summed E-state index contributed by atoms with van der Waals surface area (Å²) in [6.45, 7) is 2.47. The second kappa shape index (κ2) is 15.6. The number of aliphatic carboxylic acids is 1. The number of hydrogen-bond donors (Lipinski definition) is 4. The highest BCUT2D eigenvalue weighted by molar-refractivity contribution is 5.96. The van der Waals surface area contributed by atoms with Crippen molar-refractivity contribution in [2.45, 2.75) is 56.5 Å². The minimum Gasteiger partial charge on any atom is -0.486 e. The number of likely N-dealkylation sites (tertiary alicyclic amines) is 1. The molecule has 1 amide bonds. The van der Waals surface area contributed by atoms with E-state index in [1.165, 1.54) is 24.3 Å². The van der Waals surface area contributed by atoms with Crippen LogP contribution in [0.3, 0.4) is 0 Å². The van der Waals surface area contributed by atoms with Gasteiger partial charge < -0.3 is 30.1 Å². The first kappa shape index (κ1) is 33.7. The van der Waals surface area contributed by atoms with Crippen molar-refractivity contribution in [2.75, 3.05) is 32.8 Å². The first-order valence-corrected chi connectivity index (χ1v) is 13.7. The Labute approximate surface area is 245 Å². The molecule has 236 valence electrons. The van der Waals surface area contributed by atoms with Crippen molar-refractivity contribution in [3.63, 3.8) is 0 Å². The predicted molar refractivity (Wildman–Crippen MR) is 144 cm³/mol. The first-order chi connectivity index (χ1) is 20.3. The van der Waals surface area contributed by atoms with Gasteiger partial charge in [0, 0.05) is 38.0 Å². The van der Waals surface area contributed by atoms with Crippen LogP contribution in [-0.2, 0) is 9.59 Å². The maximum absolute atomic E-state index is 13.0. The largest absolute Gasteiger partial charge is 0.490 e. The van der Waals surface area contributed by atoms with Crippen molar-refractivity contribution in [3.8, 4) is 11.5 Å². The molecule has 0 saturated carbocycles. The number of fused-ring (bicyclic) bond motifs is 1. The number of unbranched alkanes of at least 4 members (excludes halogenated alkanes) is 1. The molecule has 4 N–H and O–H groups in total. The minimum atomic E-state index is -5.08. The van der Waals surface area contributed by atoms with Gasteiger partial charge in [0.1, 0.15) is 25.1 Å². The van der Waals surface area contributed by atoms with Crippen LogP contribution in [0.4, 0.5) is 17.6 Å². The van der Waals surface area contributed by atoms with Gasteiger partial charge in [-0.2, -0.15) is 13.2 Å². The molecule has 4 rings (SSSR count). The summed E-state index contributed by atoms with van der Waals surface area (Å²) in [7, 11) is 0. The van der Waals surface area contributed by atoms with E-state index in [1.54, 1.807) is 18.2 Å². The van der Waals surface area contributed by atoms with Gasteiger partial charge in [-0.1, -0.05) is 6.07 Å². The maximum atomic E-state index is 13.0. The fraction of sp³-hybridized carbons (Fsp3) is 0.483. The highest BCUT2D eigenvalue weighted by Gasteiger charge is 2.38. The fourth-order valence-electron chi connectivity index (χ4n) is 4.59. The number of aliphatic hydroxyl groups excluding tert-OH is 2. The number of carbonyl (C=O) groups is 3. The highest BCUT2D eigenvalue weighted by atomic mass is 19.4. The number of rotatable bonds is 11. The lowest BCUT2D eigenvalue weighted by molar-refractivity contribution is -0.192. The molecule has 1 saturated heterocycles. The monoisotopic (exact) mass is 614 g/mol. The number of nitrogens with zero attached hydrogens (tertiary/aromatic N) is 1. The number of amides is 1. The summed E-state index contributed by atoms with van der Waals surface area (Å²) in [6, 6.07) is 10.1. The predicted octanol–water partition coefficient (Wildman–Crippen LogP) is 3.26. The molecule has 1 fully saturated rings. The molecule has 2 aliphatic heterocycles. The Morgan fingerprint density at radius 1 is 1.00 bits per heavy atom. The number of alkyl halides is 3. The molecular formula is C29H34F4N2O8. The second-order valence-corrected chi connectivity index (χ2v) is 10.2. The Bertz CT molecular complexity index is 1240. The van der Waals surface area contributed by atoms with Crippen LogP contribution < -0.4 is 14.8 Å². The molecule has 14 heteroatoms. The van der Waals surface area contributed by atoms with E-state index in [2.05, 4.69) is 5.32 Å². The van der Waals surface area contributed by atoms with Crippen LogP contribution in [0.2, 0.25) is 0 Å². The summed E-state index contributed by atoms with van der Waals surface area (Å²) in [5.41, 5.74) is 1.06. The van der Waals surface area contributed by atoms with Crippen LogP contribution in [0.1, 0.15) is 54.1 Å². The smallest absolute Gasteiger partial charge is 0.486 e. The summed E-state index contributed by atoms with van der Waals surface area (Å²) in [5.74, 6) is -2.27. The van der Waals surface area contributed by atoms with Gasteiger partial charge in [-0.05, 0) is 61.2 Å². The molecule has 0 radical (unpaired) electrons. The lowest BCUT2D eigenvalue weighted by atomic mass is 10.00. The number of hydrogen-bond acceptors (Lipinski definition) is 8. The zero-order valence-corrected chi connectivity index (χ0v) is 23.2. The van der Waals surface area contributed by atoms with Gasteiger partial charge in [0.15, 0.2) is 17.3 Å². The Hall–Kier alpha value is -3.75. The molecule has 2 aromatic carbocycles. The number of benzene rings is 2. The molecule has 2 heterocycles. The van der Waals surface area contributed by atoms with E-state index in [9.17, 15) is 37.4 Å². The molecule has 2 aliphatic rings. The normalized spacial score (nSPS) is 17.8. The van der Waals surface area contributed by atoms with Gasteiger partial charge in [0.05, 0.1) is 12.1 Å². The molecule has 0 unspecified atom stereocenters. The third-order valence-electron chi connectivity index (χ3n) is 6.80. The molecule has 0 spiro atoms. The summed E-state index contributed by atoms with van der Waals surface area (Å²) in [6.07, 6.45) is -4.31. The molecule has 10 nitrogen and oxygen atoms in total. The van der Waals surface area contributed by atoms with Crippen LogP contribution in [0, 0.1) is 5.82 Å². The van der Waals surface area contributed by atoms with Gasteiger partial charge >= 0.3 is 12.1 Å². The van der Waals surface area contributed by atoms with E-state index >= 15 is 0 Å². The molecular weight excluding hydrogens is 580 g/mol. The number of β-amino-alcohol motifs (C(OH)–C–C–N with tert-alkyl or cyclic N) is 1. The van der Waals surface area contributed by atoms with Crippen LogP contribution in [-0.4, -0.2) is 89.0 Å².